The van der Waals surface area contributed by atoms with Crippen LogP contribution in [0.2, 0.25) is 0 Å². The van der Waals surface area contributed by atoms with E-state index in [1.54, 1.807) is 19.4 Å². The average Bonchev–Trinajstić information content (AvgIpc) is 2.50. The predicted octanol–water partition coefficient (Wildman–Crippen LogP) is 1.37. The van der Waals surface area contributed by atoms with Gasteiger partial charge in [-0.15, -0.1) is 0 Å². The summed E-state index contributed by atoms with van der Waals surface area (Å²) in [6, 6.07) is 5.32. The standard InChI is InChI=1S/C16H21N3O3/c1-3-8-19-10-11(16(21)18-7-9-22-2)15(20)14-12(17)5-4-6-13(14)19/h4-6,10H,3,7-9,17H2,1-2H3,(H,18,21). The third kappa shape index (κ3) is 3.12. The summed E-state index contributed by atoms with van der Waals surface area (Å²) < 4.78 is 6.79. The van der Waals surface area contributed by atoms with Crippen LogP contribution in [-0.2, 0) is 11.3 Å². The molecule has 0 fully saturated rings. The number of nitrogens with zero attached hydrogens (tertiary/aromatic N) is 1. The molecule has 6 heteroatoms. The molecule has 0 bridgehead atoms. The molecule has 2 aromatic rings. The summed E-state index contributed by atoms with van der Waals surface area (Å²) >= 11 is 0. The van der Waals surface area contributed by atoms with E-state index in [1.165, 1.54) is 0 Å². The number of pyridine rings is 1. The van der Waals surface area contributed by atoms with Crippen LogP contribution in [0, 0.1) is 0 Å². The van der Waals surface area contributed by atoms with Crippen LogP contribution < -0.4 is 16.5 Å². The van der Waals surface area contributed by atoms with Crippen LogP contribution in [0.25, 0.3) is 10.9 Å². The number of methoxy groups -OCH3 is 1. The third-order valence-corrected chi connectivity index (χ3v) is 3.44. The molecule has 1 heterocycles. The van der Waals surface area contributed by atoms with Gasteiger partial charge in [-0.3, -0.25) is 9.59 Å². The van der Waals surface area contributed by atoms with Gasteiger partial charge >= 0.3 is 0 Å². The summed E-state index contributed by atoms with van der Waals surface area (Å²) in [5, 5.41) is 3.07. The molecule has 0 radical (unpaired) electrons. The number of ether oxygens (including phenoxy) is 1. The number of fused-ring (bicyclic) bond motifs is 1. The van der Waals surface area contributed by atoms with Gasteiger partial charge in [0.25, 0.3) is 5.91 Å². The number of rotatable bonds is 6. The Morgan fingerprint density at radius 1 is 1.41 bits per heavy atom. The van der Waals surface area contributed by atoms with Gasteiger partial charge in [0.05, 0.1) is 17.5 Å². The Balaban J connectivity index is 2.55. The zero-order chi connectivity index (χ0) is 16.1. The lowest BCUT2D eigenvalue weighted by atomic mass is 10.1. The maximum atomic E-state index is 12.6. The minimum Gasteiger partial charge on any atom is -0.398 e. The molecule has 0 atom stereocenters. The van der Waals surface area contributed by atoms with Gasteiger partial charge in [0, 0.05) is 32.1 Å². The second-order valence-electron chi connectivity index (χ2n) is 5.06. The Morgan fingerprint density at radius 2 is 2.18 bits per heavy atom. The van der Waals surface area contributed by atoms with Crippen molar-refractivity contribution in [2.45, 2.75) is 19.9 Å². The number of benzene rings is 1. The topological polar surface area (TPSA) is 86.4 Å². The Kier molecular flexibility index (Phi) is 5.16. The molecule has 22 heavy (non-hydrogen) atoms. The van der Waals surface area contributed by atoms with Crippen molar-refractivity contribution in [3.8, 4) is 0 Å². The number of nitrogens with one attached hydrogen (secondary N) is 1. The molecule has 1 aromatic carbocycles. The number of nitrogens with two attached hydrogens (primary N) is 1. The van der Waals surface area contributed by atoms with Gasteiger partial charge in [0.15, 0.2) is 0 Å². The van der Waals surface area contributed by atoms with Crippen molar-refractivity contribution < 1.29 is 9.53 Å². The molecule has 6 nitrogen and oxygen atoms in total. The number of aromatic nitrogens is 1. The predicted molar refractivity (Wildman–Crippen MR) is 87.1 cm³/mol. The fraction of sp³-hybridized carbons (Fsp3) is 0.375. The fourth-order valence-electron chi connectivity index (χ4n) is 2.41. The minimum atomic E-state index is -0.406. The van der Waals surface area contributed by atoms with Crippen LogP contribution in [0.3, 0.4) is 0 Å². The molecule has 0 aliphatic rings. The molecular formula is C16H21N3O3. The molecular weight excluding hydrogens is 282 g/mol. The Hall–Kier alpha value is -2.34. The number of anilines is 1. The largest absolute Gasteiger partial charge is 0.398 e. The van der Waals surface area contributed by atoms with Crippen molar-refractivity contribution in [3.63, 3.8) is 0 Å². The van der Waals surface area contributed by atoms with Crippen molar-refractivity contribution >= 4 is 22.5 Å². The first-order valence-corrected chi connectivity index (χ1v) is 7.29. The number of hydrogen-bond acceptors (Lipinski definition) is 4. The van der Waals surface area contributed by atoms with Gasteiger partial charge < -0.3 is 20.4 Å². The normalized spacial score (nSPS) is 10.8. The number of carbonyl (C=O) groups is 1. The minimum absolute atomic E-state index is 0.106. The van der Waals surface area contributed by atoms with E-state index in [1.807, 2.05) is 23.6 Å². The molecule has 0 saturated carbocycles. The highest BCUT2D eigenvalue weighted by Crippen LogP contribution is 2.18. The van der Waals surface area contributed by atoms with E-state index >= 15 is 0 Å². The first-order chi connectivity index (χ1) is 10.6. The molecule has 1 amide bonds. The van der Waals surface area contributed by atoms with Crippen molar-refractivity contribution in [2.75, 3.05) is 26.0 Å². The Morgan fingerprint density at radius 3 is 2.86 bits per heavy atom. The summed E-state index contributed by atoms with van der Waals surface area (Å²) in [7, 11) is 1.55. The van der Waals surface area contributed by atoms with E-state index in [0.29, 0.717) is 30.8 Å². The van der Waals surface area contributed by atoms with Crippen molar-refractivity contribution in [3.05, 3.63) is 40.2 Å². The van der Waals surface area contributed by atoms with Crippen molar-refractivity contribution in [1.82, 2.24) is 9.88 Å². The highest BCUT2D eigenvalue weighted by Gasteiger charge is 2.16. The Bertz CT molecular complexity index is 737. The van der Waals surface area contributed by atoms with E-state index < -0.39 is 5.91 Å². The summed E-state index contributed by atoms with van der Waals surface area (Å²) in [5.74, 6) is -0.406. The molecule has 2 rings (SSSR count). The molecule has 0 unspecified atom stereocenters. The van der Waals surface area contributed by atoms with Gasteiger partial charge in [0.1, 0.15) is 5.56 Å². The summed E-state index contributed by atoms with van der Waals surface area (Å²) in [6.07, 6.45) is 2.49. The number of amides is 1. The zero-order valence-electron chi connectivity index (χ0n) is 12.9. The molecule has 1 aromatic heterocycles. The molecule has 0 spiro atoms. The van der Waals surface area contributed by atoms with E-state index in [0.717, 1.165) is 11.9 Å². The van der Waals surface area contributed by atoms with Gasteiger partial charge in [-0.05, 0) is 18.6 Å². The maximum absolute atomic E-state index is 12.6. The smallest absolute Gasteiger partial charge is 0.256 e. The molecule has 0 aliphatic heterocycles. The number of carbonyl (C=O) groups excluding carboxylic acids is 1. The first kappa shape index (κ1) is 16.0. The van der Waals surface area contributed by atoms with Gasteiger partial charge in [0.2, 0.25) is 5.43 Å². The van der Waals surface area contributed by atoms with Gasteiger partial charge in [-0.1, -0.05) is 13.0 Å². The molecule has 118 valence electrons. The van der Waals surface area contributed by atoms with Gasteiger partial charge in [-0.25, -0.2) is 0 Å². The monoisotopic (exact) mass is 303 g/mol. The number of nitrogen functional groups attached to an aromatic ring is 1. The summed E-state index contributed by atoms with van der Waals surface area (Å²) in [5.41, 5.74) is 6.85. The lowest BCUT2D eigenvalue weighted by Crippen LogP contribution is -2.32. The quantitative estimate of drug-likeness (QED) is 0.623. The third-order valence-electron chi connectivity index (χ3n) is 3.44. The van der Waals surface area contributed by atoms with Crippen LogP contribution in [0.15, 0.2) is 29.2 Å². The lowest BCUT2D eigenvalue weighted by molar-refractivity contribution is 0.0935. The summed E-state index contributed by atoms with van der Waals surface area (Å²) in [4.78, 5) is 24.8. The van der Waals surface area contributed by atoms with E-state index in [2.05, 4.69) is 5.32 Å². The van der Waals surface area contributed by atoms with E-state index in [9.17, 15) is 9.59 Å². The summed E-state index contributed by atoms with van der Waals surface area (Å²) in [6.45, 7) is 3.49. The molecule has 3 N–H and O–H groups in total. The van der Waals surface area contributed by atoms with E-state index in [-0.39, 0.29) is 11.0 Å². The van der Waals surface area contributed by atoms with Crippen molar-refractivity contribution in [2.24, 2.45) is 0 Å². The second-order valence-corrected chi connectivity index (χ2v) is 5.06. The van der Waals surface area contributed by atoms with Crippen LogP contribution in [0.1, 0.15) is 23.7 Å². The van der Waals surface area contributed by atoms with Crippen LogP contribution in [0.4, 0.5) is 5.69 Å². The number of hydrogen-bond donors (Lipinski definition) is 2. The fourth-order valence-corrected chi connectivity index (χ4v) is 2.41. The lowest BCUT2D eigenvalue weighted by Gasteiger charge is -2.13. The van der Waals surface area contributed by atoms with Crippen LogP contribution in [-0.4, -0.2) is 30.7 Å². The second kappa shape index (κ2) is 7.09. The Labute approximate surface area is 128 Å². The SMILES string of the molecule is CCCn1cc(C(=O)NCCOC)c(=O)c2c(N)cccc21. The molecule has 0 aliphatic carbocycles. The van der Waals surface area contributed by atoms with Gasteiger partial charge in [-0.2, -0.15) is 0 Å². The maximum Gasteiger partial charge on any atom is 0.256 e. The highest BCUT2D eigenvalue weighted by molar-refractivity contribution is 6.00. The number of aryl methyl sites for hydroxylation is 1. The zero-order valence-corrected chi connectivity index (χ0v) is 12.9. The van der Waals surface area contributed by atoms with E-state index in [4.69, 9.17) is 10.5 Å². The average molecular weight is 303 g/mol. The van der Waals surface area contributed by atoms with Crippen LogP contribution >= 0.6 is 0 Å². The van der Waals surface area contributed by atoms with Crippen molar-refractivity contribution in [1.29, 1.82) is 0 Å². The first-order valence-electron chi connectivity index (χ1n) is 7.29. The molecule has 0 saturated heterocycles. The highest BCUT2D eigenvalue weighted by atomic mass is 16.5. The van der Waals surface area contributed by atoms with Crippen LogP contribution in [0.5, 0.6) is 0 Å².